The summed E-state index contributed by atoms with van der Waals surface area (Å²) in [5.74, 6) is 1.04. The molecule has 0 aliphatic rings. The molecule has 2 aromatic carbocycles. The molecule has 2 rings (SSSR count). The molecule has 3 N–H and O–H groups in total. The van der Waals surface area contributed by atoms with Crippen molar-refractivity contribution < 1.29 is 0 Å². The highest BCUT2D eigenvalue weighted by molar-refractivity contribution is 8.00. The van der Waals surface area contributed by atoms with E-state index in [9.17, 15) is 0 Å². The van der Waals surface area contributed by atoms with Gasteiger partial charge in [-0.1, -0.05) is 48.5 Å². The Balaban J connectivity index is 2.44. The largest absolute Gasteiger partial charge is 0.384 e. The van der Waals surface area contributed by atoms with Crippen LogP contribution in [0.2, 0.25) is 5.02 Å². The summed E-state index contributed by atoms with van der Waals surface area (Å²) < 4.78 is 0. The Labute approximate surface area is 132 Å². The summed E-state index contributed by atoms with van der Waals surface area (Å²) in [7, 11) is 0. The average molecular weight is 323 g/mol. The summed E-state index contributed by atoms with van der Waals surface area (Å²) >= 11 is 9.43. The fraction of sp³-hybridized carbons (Fsp3) is 0.133. The minimum atomic E-state index is 0.0936. The van der Waals surface area contributed by atoms with Gasteiger partial charge in [0.25, 0.3) is 0 Å². The molecule has 2 nitrogen and oxygen atoms in total. The molecule has 20 heavy (non-hydrogen) atoms. The highest BCUT2D eigenvalue weighted by atomic mass is 35.5. The highest BCUT2D eigenvalue weighted by Gasteiger charge is 2.13. The maximum absolute atomic E-state index is 7.83. The van der Waals surface area contributed by atoms with E-state index < -0.39 is 0 Å². The van der Waals surface area contributed by atoms with Gasteiger partial charge in [0.1, 0.15) is 5.84 Å². The summed E-state index contributed by atoms with van der Waals surface area (Å²) in [5.41, 5.74) is 6.56. The number of hydrogen-bond acceptors (Lipinski definition) is 3. The second-order valence-corrected chi connectivity index (χ2v) is 6.81. The van der Waals surface area contributed by atoms with Crippen molar-refractivity contribution >= 4 is 41.0 Å². The molecule has 2 aromatic rings. The van der Waals surface area contributed by atoms with E-state index in [1.54, 1.807) is 23.5 Å². The number of nitrogens with one attached hydrogen (secondary N) is 1. The number of nitrogens with two attached hydrogens (primary N) is 1. The number of nitrogen functional groups attached to an aromatic ring is 1. The zero-order valence-corrected chi connectivity index (χ0v) is 13.4. The molecule has 0 heterocycles. The Morgan fingerprint density at radius 2 is 1.75 bits per heavy atom. The molecule has 0 fully saturated rings. The van der Waals surface area contributed by atoms with Crippen molar-refractivity contribution in [1.82, 2.24) is 0 Å². The second-order valence-electron chi connectivity index (χ2n) is 4.01. The van der Waals surface area contributed by atoms with Gasteiger partial charge in [-0.3, -0.25) is 5.41 Å². The monoisotopic (exact) mass is 322 g/mol. The van der Waals surface area contributed by atoms with Gasteiger partial charge in [-0.2, -0.15) is 0 Å². The summed E-state index contributed by atoms with van der Waals surface area (Å²) in [4.78, 5) is 2.97. The molecular weight excluding hydrogens is 308 g/mol. The van der Waals surface area contributed by atoms with Crippen LogP contribution in [0, 0.1) is 5.41 Å². The lowest BCUT2D eigenvalue weighted by molar-refractivity contribution is 1.24. The molecule has 0 unspecified atom stereocenters. The van der Waals surface area contributed by atoms with Gasteiger partial charge in [-0.05, 0) is 30.0 Å². The molecule has 0 aliphatic heterocycles. The Kier molecular flexibility index (Phi) is 5.40. The molecular formula is C15H15ClN2S2. The van der Waals surface area contributed by atoms with Gasteiger partial charge in [-0.25, -0.2) is 0 Å². The SMILES string of the molecule is CCSc1cccc(Sc2ccccc2Cl)c1C(=N)N. The van der Waals surface area contributed by atoms with Crippen LogP contribution >= 0.6 is 35.1 Å². The van der Waals surface area contributed by atoms with Crippen LogP contribution in [0.25, 0.3) is 0 Å². The molecule has 0 atom stereocenters. The van der Waals surface area contributed by atoms with Crippen molar-refractivity contribution in [2.75, 3.05) is 5.75 Å². The standard InChI is InChI=1S/C15H15ClN2S2/c1-2-19-12-8-5-9-13(14(12)15(17)18)20-11-7-4-3-6-10(11)16/h3-9H,2H2,1H3,(H3,17,18). The number of benzene rings is 2. The van der Waals surface area contributed by atoms with Gasteiger partial charge in [0, 0.05) is 20.2 Å². The van der Waals surface area contributed by atoms with Gasteiger partial charge in [0.05, 0.1) is 5.02 Å². The van der Waals surface area contributed by atoms with Crippen LogP contribution < -0.4 is 5.73 Å². The van der Waals surface area contributed by atoms with Gasteiger partial charge in [0.15, 0.2) is 0 Å². The number of rotatable bonds is 5. The first kappa shape index (κ1) is 15.3. The molecule has 0 saturated carbocycles. The maximum Gasteiger partial charge on any atom is 0.125 e. The van der Waals surface area contributed by atoms with Crippen LogP contribution in [0.4, 0.5) is 0 Å². The molecule has 0 bridgehead atoms. The summed E-state index contributed by atoms with van der Waals surface area (Å²) in [6.07, 6.45) is 0. The van der Waals surface area contributed by atoms with Crippen LogP contribution in [-0.4, -0.2) is 11.6 Å². The highest BCUT2D eigenvalue weighted by Crippen LogP contribution is 2.37. The quantitative estimate of drug-likeness (QED) is 0.468. The Morgan fingerprint density at radius 1 is 1.10 bits per heavy atom. The summed E-state index contributed by atoms with van der Waals surface area (Å²) in [5, 5.41) is 8.54. The Hall–Kier alpha value is -1.10. The van der Waals surface area contributed by atoms with E-state index in [-0.39, 0.29) is 5.84 Å². The molecule has 5 heteroatoms. The number of halogens is 1. The van der Waals surface area contributed by atoms with Crippen molar-refractivity contribution in [3.63, 3.8) is 0 Å². The maximum atomic E-state index is 7.83. The number of amidine groups is 1. The van der Waals surface area contributed by atoms with Crippen molar-refractivity contribution in [2.24, 2.45) is 5.73 Å². The lowest BCUT2D eigenvalue weighted by Gasteiger charge is -2.13. The zero-order valence-electron chi connectivity index (χ0n) is 11.0. The van der Waals surface area contributed by atoms with Gasteiger partial charge in [0.2, 0.25) is 0 Å². The third-order valence-corrected chi connectivity index (χ3v) is 5.13. The molecule has 0 spiro atoms. The van der Waals surface area contributed by atoms with E-state index in [4.69, 9.17) is 22.7 Å². The minimum Gasteiger partial charge on any atom is -0.384 e. The van der Waals surface area contributed by atoms with Crippen LogP contribution in [0.1, 0.15) is 12.5 Å². The first-order valence-electron chi connectivity index (χ1n) is 6.16. The third-order valence-electron chi connectivity index (χ3n) is 2.61. The first-order valence-corrected chi connectivity index (χ1v) is 8.34. The minimum absolute atomic E-state index is 0.0936. The predicted molar refractivity (Wildman–Crippen MR) is 89.4 cm³/mol. The van der Waals surface area contributed by atoms with Crippen LogP contribution in [0.15, 0.2) is 57.2 Å². The number of thioether (sulfide) groups is 1. The molecule has 0 aliphatic carbocycles. The Morgan fingerprint density at radius 3 is 2.40 bits per heavy atom. The first-order chi connectivity index (χ1) is 9.63. The van der Waals surface area contributed by atoms with E-state index in [1.165, 1.54) is 0 Å². The van der Waals surface area contributed by atoms with E-state index in [2.05, 4.69) is 6.92 Å². The van der Waals surface area contributed by atoms with Crippen molar-refractivity contribution in [3.05, 3.63) is 53.1 Å². The smallest absolute Gasteiger partial charge is 0.125 e. The van der Waals surface area contributed by atoms with Gasteiger partial charge < -0.3 is 5.73 Å². The van der Waals surface area contributed by atoms with Crippen molar-refractivity contribution in [1.29, 1.82) is 5.41 Å². The molecule has 0 amide bonds. The van der Waals surface area contributed by atoms with E-state index in [0.717, 1.165) is 26.0 Å². The third kappa shape index (κ3) is 3.51. The van der Waals surface area contributed by atoms with Crippen molar-refractivity contribution in [2.45, 2.75) is 21.6 Å². The fourth-order valence-corrected chi connectivity index (χ4v) is 3.97. The van der Waals surface area contributed by atoms with E-state index in [0.29, 0.717) is 5.02 Å². The number of hydrogen-bond donors (Lipinski definition) is 2. The van der Waals surface area contributed by atoms with E-state index in [1.807, 2.05) is 42.5 Å². The molecule has 104 valence electrons. The van der Waals surface area contributed by atoms with Gasteiger partial charge >= 0.3 is 0 Å². The molecule has 0 saturated heterocycles. The lowest BCUT2D eigenvalue weighted by Crippen LogP contribution is -2.13. The van der Waals surface area contributed by atoms with Crippen molar-refractivity contribution in [3.8, 4) is 0 Å². The van der Waals surface area contributed by atoms with Crippen LogP contribution in [-0.2, 0) is 0 Å². The van der Waals surface area contributed by atoms with Gasteiger partial charge in [-0.15, -0.1) is 11.8 Å². The zero-order chi connectivity index (χ0) is 14.5. The second kappa shape index (κ2) is 7.07. The van der Waals surface area contributed by atoms with Crippen LogP contribution in [0.5, 0.6) is 0 Å². The average Bonchev–Trinajstić information content (AvgIpc) is 2.41. The lowest BCUT2D eigenvalue weighted by atomic mass is 10.2. The topological polar surface area (TPSA) is 49.9 Å². The molecule has 0 aromatic heterocycles. The Bertz CT molecular complexity index is 629. The summed E-state index contributed by atoms with van der Waals surface area (Å²) in [6, 6.07) is 13.7. The van der Waals surface area contributed by atoms with Crippen LogP contribution in [0.3, 0.4) is 0 Å². The fourth-order valence-electron chi connectivity index (χ4n) is 1.78. The van der Waals surface area contributed by atoms with E-state index >= 15 is 0 Å². The summed E-state index contributed by atoms with van der Waals surface area (Å²) in [6.45, 7) is 2.09. The molecule has 0 radical (unpaired) electrons. The normalized spacial score (nSPS) is 10.5. The predicted octanol–water partition coefficient (Wildman–Crippen LogP) is 4.89.